The van der Waals surface area contributed by atoms with Gasteiger partial charge in [-0.3, -0.25) is 5.84 Å². The van der Waals surface area contributed by atoms with Crippen LogP contribution in [0.25, 0.3) is 11.0 Å². The predicted molar refractivity (Wildman–Crippen MR) is 78.4 cm³/mol. The topological polar surface area (TPSA) is 51.2 Å². The lowest BCUT2D eigenvalue weighted by Crippen LogP contribution is -2.29. The highest BCUT2D eigenvalue weighted by atomic mass is 32.2. The molecule has 1 atom stereocenters. The first kappa shape index (κ1) is 13.5. The van der Waals surface area contributed by atoms with E-state index in [4.69, 9.17) is 10.3 Å². The molecule has 0 aliphatic carbocycles. The molecule has 1 heterocycles. The van der Waals surface area contributed by atoms with Crippen molar-refractivity contribution in [1.29, 1.82) is 0 Å². The summed E-state index contributed by atoms with van der Waals surface area (Å²) in [4.78, 5) is 0. The van der Waals surface area contributed by atoms with Crippen LogP contribution in [-0.4, -0.2) is 11.5 Å². The Kier molecular flexibility index (Phi) is 4.69. The molecular formula is C14H20N2OS. The molecule has 0 radical (unpaired) electrons. The molecule has 0 spiro atoms. The molecule has 0 saturated heterocycles. The summed E-state index contributed by atoms with van der Waals surface area (Å²) in [5.74, 6) is 9.29. The maximum Gasteiger partial charge on any atom is 0.134 e. The number of thioether (sulfide) groups is 1. The fraction of sp³-hybridized carbons (Fsp3) is 0.429. The van der Waals surface area contributed by atoms with Crippen LogP contribution in [0.15, 0.2) is 34.7 Å². The van der Waals surface area contributed by atoms with Gasteiger partial charge in [0.25, 0.3) is 0 Å². The molecule has 0 fully saturated rings. The monoisotopic (exact) mass is 264 g/mol. The van der Waals surface area contributed by atoms with E-state index < -0.39 is 0 Å². The van der Waals surface area contributed by atoms with E-state index in [-0.39, 0.29) is 6.04 Å². The van der Waals surface area contributed by atoms with Crippen molar-refractivity contribution in [3.05, 3.63) is 36.1 Å². The van der Waals surface area contributed by atoms with Crippen LogP contribution in [0, 0.1) is 5.92 Å². The van der Waals surface area contributed by atoms with E-state index in [1.807, 2.05) is 30.0 Å². The molecule has 0 saturated carbocycles. The lowest BCUT2D eigenvalue weighted by atomic mass is 10.2. The van der Waals surface area contributed by atoms with Gasteiger partial charge in [0.2, 0.25) is 0 Å². The van der Waals surface area contributed by atoms with Crippen LogP contribution in [0.4, 0.5) is 0 Å². The van der Waals surface area contributed by atoms with E-state index in [0.717, 1.165) is 28.2 Å². The first-order valence-corrected chi connectivity index (χ1v) is 7.38. The molecule has 0 amide bonds. The van der Waals surface area contributed by atoms with Crippen molar-refractivity contribution in [2.24, 2.45) is 11.8 Å². The Morgan fingerprint density at radius 1 is 1.28 bits per heavy atom. The zero-order valence-electron chi connectivity index (χ0n) is 10.8. The van der Waals surface area contributed by atoms with E-state index in [9.17, 15) is 0 Å². The summed E-state index contributed by atoms with van der Waals surface area (Å²) in [5.41, 5.74) is 3.76. The molecule has 1 aromatic carbocycles. The number of hydrazine groups is 1. The lowest BCUT2D eigenvalue weighted by Gasteiger charge is -2.13. The normalized spacial score (nSPS) is 13.3. The van der Waals surface area contributed by atoms with E-state index in [1.165, 1.54) is 0 Å². The number of rotatable bonds is 6. The summed E-state index contributed by atoms with van der Waals surface area (Å²) in [6, 6.07) is 10.2. The van der Waals surface area contributed by atoms with Crippen molar-refractivity contribution in [2.75, 3.05) is 11.5 Å². The summed E-state index contributed by atoms with van der Waals surface area (Å²) >= 11 is 1.90. The largest absolute Gasteiger partial charge is 0.459 e. The third-order valence-corrected chi connectivity index (χ3v) is 4.20. The highest BCUT2D eigenvalue weighted by molar-refractivity contribution is 7.99. The highest BCUT2D eigenvalue weighted by Crippen LogP contribution is 2.26. The number of nitrogens with two attached hydrogens (primary N) is 1. The minimum absolute atomic E-state index is 0.0705. The maximum absolute atomic E-state index is 5.82. The summed E-state index contributed by atoms with van der Waals surface area (Å²) in [5, 5.41) is 1.13. The SMILES string of the molecule is CC(C)CSCC(NN)c1cc2ccccc2o1. The van der Waals surface area contributed by atoms with E-state index in [2.05, 4.69) is 31.4 Å². The second-order valence-electron chi connectivity index (χ2n) is 4.84. The standard InChI is InChI=1S/C14H20N2OS/c1-10(2)8-18-9-12(16-15)14-7-11-5-3-4-6-13(11)17-14/h3-7,10,12,16H,8-9,15H2,1-2H3. The van der Waals surface area contributed by atoms with Gasteiger partial charge in [-0.2, -0.15) is 11.8 Å². The molecule has 18 heavy (non-hydrogen) atoms. The van der Waals surface area contributed by atoms with Gasteiger partial charge in [0.05, 0.1) is 6.04 Å². The summed E-state index contributed by atoms with van der Waals surface area (Å²) in [7, 11) is 0. The molecule has 2 rings (SSSR count). The van der Waals surface area contributed by atoms with Crippen molar-refractivity contribution in [3.8, 4) is 0 Å². The number of hydrogen-bond donors (Lipinski definition) is 2. The molecule has 98 valence electrons. The average molecular weight is 264 g/mol. The summed E-state index contributed by atoms with van der Waals surface area (Å²) < 4.78 is 5.82. The van der Waals surface area contributed by atoms with Gasteiger partial charge in [0.1, 0.15) is 11.3 Å². The van der Waals surface area contributed by atoms with Gasteiger partial charge in [-0.05, 0) is 23.8 Å². The highest BCUT2D eigenvalue weighted by Gasteiger charge is 2.15. The number of fused-ring (bicyclic) bond motifs is 1. The second-order valence-corrected chi connectivity index (χ2v) is 5.91. The van der Waals surface area contributed by atoms with Gasteiger partial charge < -0.3 is 4.42 Å². The third kappa shape index (κ3) is 3.28. The van der Waals surface area contributed by atoms with Gasteiger partial charge in [-0.1, -0.05) is 32.0 Å². The third-order valence-electron chi connectivity index (χ3n) is 2.72. The van der Waals surface area contributed by atoms with Crippen molar-refractivity contribution < 1.29 is 4.42 Å². The molecule has 0 aliphatic heterocycles. The Morgan fingerprint density at radius 2 is 2.06 bits per heavy atom. The molecule has 2 aromatic rings. The van der Waals surface area contributed by atoms with Crippen LogP contribution in [0.5, 0.6) is 0 Å². The van der Waals surface area contributed by atoms with Crippen LogP contribution >= 0.6 is 11.8 Å². The van der Waals surface area contributed by atoms with Crippen molar-refractivity contribution in [2.45, 2.75) is 19.9 Å². The van der Waals surface area contributed by atoms with E-state index >= 15 is 0 Å². The molecule has 1 unspecified atom stereocenters. The van der Waals surface area contributed by atoms with Crippen LogP contribution in [0.3, 0.4) is 0 Å². The zero-order valence-corrected chi connectivity index (χ0v) is 11.7. The van der Waals surface area contributed by atoms with Crippen LogP contribution < -0.4 is 11.3 Å². The molecule has 3 nitrogen and oxygen atoms in total. The van der Waals surface area contributed by atoms with Gasteiger partial charge in [-0.15, -0.1) is 0 Å². The Hall–Kier alpha value is -0.970. The Balaban J connectivity index is 2.07. The van der Waals surface area contributed by atoms with Crippen LogP contribution in [0.2, 0.25) is 0 Å². The van der Waals surface area contributed by atoms with Crippen molar-refractivity contribution >= 4 is 22.7 Å². The quantitative estimate of drug-likeness (QED) is 0.620. The Morgan fingerprint density at radius 3 is 2.72 bits per heavy atom. The molecule has 3 N–H and O–H groups in total. The number of benzene rings is 1. The van der Waals surface area contributed by atoms with Gasteiger partial charge in [0, 0.05) is 11.1 Å². The first-order valence-electron chi connectivity index (χ1n) is 6.23. The summed E-state index contributed by atoms with van der Waals surface area (Å²) in [6.45, 7) is 4.44. The van der Waals surface area contributed by atoms with Crippen LogP contribution in [0.1, 0.15) is 25.6 Å². The molecule has 4 heteroatoms. The molecule has 0 bridgehead atoms. The van der Waals surface area contributed by atoms with E-state index in [0.29, 0.717) is 5.92 Å². The number of hydrogen-bond acceptors (Lipinski definition) is 4. The van der Waals surface area contributed by atoms with E-state index in [1.54, 1.807) is 0 Å². The van der Waals surface area contributed by atoms with Crippen molar-refractivity contribution in [3.63, 3.8) is 0 Å². The maximum atomic E-state index is 5.82. The first-order chi connectivity index (χ1) is 8.70. The Labute approximate surface area is 112 Å². The fourth-order valence-corrected chi connectivity index (χ4v) is 2.91. The van der Waals surface area contributed by atoms with Crippen LogP contribution in [-0.2, 0) is 0 Å². The molecule has 1 aromatic heterocycles. The lowest BCUT2D eigenvalue weighted by molar-refractivity contribution is 0.463. The number of nitrogens with one attached hydrogen (secondary N) is 1. The minimum atomic E-state index is 0.0705. The Bertz CT molecular complexity index is 462. The zero-order chi connectivity index (χ0) is 13.0. The molecular weight excluding hydrogens is 244 g/mol. The van der Waals surface area contributed by atoms with Gasteiger partial charge in [0.15, 0.2) is 0 Å². The smallest absolute Gasteiger partial charge is 0.134 e. The van der Waals surface area contributed by atoms with Crippen molar-refractivity contribution in [1.82, 2.24) is 5.43 Å². The number of para-hydroxylation sites is 1. The number of furan rings is 1. The van der Waals surface area contributed by atoms with Gasteiger partial charge >= 0.3 is 0 Å². The minimum Gasteiger partial charge on any atom is -0.459 e. The predicted octanol–water partition coefficient (Wildman–Crippen LogP) is 3.33. The fourth-order valence-electron chi connectivity index (χ4n) is 1.81. The summed E-state index contributed by atoms with van der Waals surface area (Å²) in [6.07, 6.45) is 0. The van der Waals surface area contributed by atoms with Gasteiger partial charge in [-0.25, -0.2) is 5.43 Å². The second kappa shape index (κ2) is 6.27. The molecule has 0 aliphatic rings. The average Bonchev–Trinajstić information content (AvgIpc) is 2.77.